The summed E-state index contributed by atoms with van der Waals surface area (Å²) in [6.07, 6.45) is 0.875. The van der Waals surface area contributed by atoms with Crippen LogP contribution >= 0.6 is 0 Å². The molecule has 0 saturated heterocycles. The number of hydrogen-bond acceptors (Lipinski definition) is 1. The minimum absolute atomic E-state index is 0. The van der Waals surface area contributed by atoms with Crippen molar-refractivity contribution in [2.24, 2.45) is 0 Å². The van der Waals surface area contributed by atoms with Gasteiger partial charge in [-0.25, -0.2) is 0 Å². The van der Waals surface area contributed by atoms with Crippen LogP contribution in [0.25, 0.3) is 0 Å². The van der Waals surface area contributed by atoms with E-state index < -0.39 is 0 Å². The van der Waals surface area contributed by atoms with Gasteiger partial charge in [-0.1, -0.05) is 6.92 Å². The molecule has 0 aliphatic rings. The van der Waals surface area contributed by atoms with Crippen LogP contribution < -0.4 is 0 Å². The fraction of sp³-hybridized carbons (Fsp3) is 1.00. The summed E-state index contributed by atoms with van der Waals surface area (Å²) in [5, 5.41) is 7.88. The molecule has 5 heteroatoms. The molecule has 0 rings (SSSR count). The first-order valence-corrected chi connectivity index (χ1v) is 1.52. The zero-order valence-electron chi connectivity index (χ0n) is 4.86. The van der Waals surface area contributed by atoms with E-state index in [1.165, 1.54) is 0 Å². The Morgan fingerprint density at radius 1 is 1.12 bits per heavy atom. The van der Waals surface area contributed by atoms with Crippen molar-refractivity contribution in [2.45, 2.75) is 13.3 Å². The number of rotatable bonds is 1. The van der Waals surface area contributed by atoms with Crippen molar-refractivity contribution < 1.29 is 47.4 Å². The van der Waals surface area contributed by atoms with Crippen LogP contribution in [0, 0.1) is 0 Å². The van der Waals surface area contributed by atoms with Gasteiger partial charge in [-0.2, -0.15) is 0 Å². The maximum absolute atomic E-state index is 7.88. The first-order chi connectivity index (χ1) is 1.91. The van der Waals surface area contributed by atoms with E-state index in [4.69, 9.17) is 5.11 Å². The quantitative estimate of drug-likeness (QED) is 0.549. The van der Waals surface area contributed by atoms with Gasteiger partial charge in [-0.05, 0) is 6.42 Å². The van der Waals surface area contributed by atoms with Crippen LogP contribution in [0.1, 0.15) is 13.3 Å². The van der Waals surface area contributed by atoms with Crippen LogP contribution in [0.3, 0.4) is 0 Å². The van der Waals surface area contributed by atoms with E-state index in [0.29, 0.717) is 6.61 Å². The molecule has 8 heavy (non-hydrogen) atoms. The molecule has 0 aliphatic heterocycles. The molecule has 0 heterocycles. The van der Waals surface area contributed by atoms with Crippen LogP contribution in [-0.4, -0.2) is 28.1 Å². The zero-order valence-corrected chi connectivity index (χ0v) is 8.45. The Morgan fingerprint density at radius 3 is 1.25 bits per heavy atom. The average Bonchev–Trinajstić information content (AvgIpc) is 1.37. The van der Waals surface area contributed by atoms with Crippen LogP contribution in [0.15, 0.2) is 0 Å². The minimum Gasteiger partial charge on any atom is -0.412 e. The molecule has 0 fully saturated rings. The summed E-state index contributed by atoms with van der Waals surface area (Å²) in [4.78, 5) is 0. The van der Waals surface area contributed by atoms with Crippen molar-refractivity contribution in [1.29, 1.82) is 0 Å². The van der Waals surface area contributed by atoms with E-state index in [-0.39, 0.29) is 42.3 Å². The Hall–Kier alpha value is 0.710. The van der Waals surface area contributed by atoms with Crippen molar-refractivity contribution >= 4 is 0 Å². The molecule has 0 bridgehead atoms. The molecule has 0 atom stereocenters. The molecule has 7 N–H and O–H groups in total. The largest absolute Gasteiger partial charge is 0.412 e. The molecular formula is C3H14HfO4. The molecule has 0 aromatic rings. The van der Waals surface area contributed by atoms with E-state index in [2.05, 4.69) is 0 Å². The van der Waals surface area contributed by atoms with Crippen molar-refractivity contribution in [2.75, 3.05) is 6.61 Å². The third-order valence-electron chi connectivity index (χ3n) is 0.224. The SMILES string of the molecule is CCCO.O.O.O.[Hf]. The molecule has 4 nitrogen and oxygen atoms in total. The molecule has 0 spiro atoms. The van der Waals surface area contributed by atoms with E-state index >= 15 is 0 Å². The fourth-order valence-electron chi connectivity index (χ4n) is 0. The van der Waals surface area contributed by atoms with Crippen LogP contribution in [0.4, 0.5) is 0 Å². The van der Waals surface area contributed by atoms with E-state index in [9.17, 15) is 0 Å². The third-order valence-corrected chi connectivity index (χ3v) is 0.224. The van der Waals surface area contributed by atoms with Crippen molar-refractivity contribution in [3.8, 4) is 0 Å². The maximum Gasteiger partial charge on any atom is 0.0428 e. The molecule has 0 aromatic carbocycles. The molecule has 0 saturated carbocycles. The molecule has 0 aliphatic carbocycles. The summed E-state index contributed by atoms with van der Waals surface area (Å²) >= 11 is 0. The Bertz CT molecular complexity index is 13.2. The Balaban J connectivity index is -0.00000000750. The average molecular weight is 293 g/mol. The summed E-state index contributed by atoms with van der Waals surface area (Å²) in [5.41, 5.74) is 0. The van der Waals surface area contributed by atoms with Gasteiger partial charge >= 0.3 is 0 Å². The van der Waals surface area contributed by atoms with Gasteiger partial charge in [0, 0.05) is 32.5 Å². The Morgan fingerprint density at radius 2 is 1.25 bits per heavy atom. The maximum atomic E-state index is 7.88. The minimum atomic E-state index is 0. The van der Waals surface area contributed by atoms with Gasteiger partial charge in [0.15, 0.2) is 0 Å². The van der Waals surface area contributed by atoms with E-state index in [1.54, 1.807) is 0 Å². The summed E-state index contributed by atoms with van der Waals surface area (Å²) in [7, 11) is 0. The first kappa shape index (κ1) is 37.6. The number of aliphatic hydroxyl groups excluding tert-OH is 1. The van der Waals surface area contributed by atoms with Gasteiger partial charge < -0.3 is 21.5 Å². The second kappa shape index (κ2) is 47.3. The second-order valence-electron chi connectivity index (χ2n) is 0.724. The normalized spacial score (nSPS) is 3.75. The predicted molar refractivity (Wildman–Crippen MR) is 28.2 cm³/mol. The van der Waals surface area contributed by atoms with Gasteiger partial charge in [-0.3, -0.25) is 0 Å². The zero-order chi connectivity index (χ0) is 3.41. The standard InChI is InChI=1S/C3H8O.Hf.3H2O/c1-2-3-4;;;;/h4H,2-3H2,1H3;;3*1H2. The molecule has 0 radical (unpaired) electrons. The predicted octanol–water partition coefficient (Wildman–Crippen LogP) is -2.09. The molecule has 0 amide bonds. The van der Waals surface area contributed by atoms with E-state index in [0.717, 1.165) is 6.42 Å². The second-order valence-corrected chi connectivity index (χ2v) is 0.724. The summed E-state index contributed by atoms with van der Waals surface area (Å²) in [6, 6.07) is 0. The van der Waals surface area contributed by atoms with Crippen molar-refractivity contribution in [1.82, 2.24) is 0 Å². The topological polar surface area (TPSA) is 115 Å². The van der Waals surface area contributed by atoms with Crippen molar-refractivity contribution in [3.63, 3.8) is 0 Å². The van der Waals surface area contributed by atoms with Gasteiger partial charge in [0.1, 0.15) is 0 Å². The Labute approximate surface area is 67.6 Å². The summed E-state index contributed by atoms with van der Waals surface area (Å²) in [6.45, 7) is 2.25. The van der Waals surface area contributed by atoms with E-state index in [1.807, 2.05) is 6.92 Å². The van der Waals surface area contributed by atoms with Gasteiger partial charge in [0.05, 0.1) is 0 Å². The molecule has 0 unspecified atom stereocenters. The van der Waals surface area contributed by atoms with Gasteiger partial charge in [-0.15, -0.1) is 0 Å². The van der Waals surface area contributed by atoms with Crippen molar-refractivity contribution in [3.05, 3.63) is 0 Å². The smallest absolute Gasteiger partial charge is 0.0428 e. The molecular weight excluding hydrogens is 279 g/mol. The summed E-state index contributed by atoms with van der Waals surface area (Å²) < 4.78 is 0. The number of aliphatic hydroxyl groups is 1. The van der Waals surface area contributed by atoms with Crippen LogP contribution in [-0.2, 0) is 25.8 Å². The third kappa shape index (κ3) is 74.8. The summed E-state index contributed by atoms with van der Waals surface area (Å²) in [5.74, 6) is 0. The van der Waals surface area contributed by atoms with Gasteiger partial charge in [0.25, 0.3) is 0 Å². The van der Waals surface area contributed by atoms with Crippen LogP contribution in [0.2, 0.25) is 0 Å². The monoisotopic (exact) mass is 294 g/mol. The fourth-order valence-corrected chi connectivity index (χ4v) is 0. The van der Waals surface area contributed by atoms with Crippen LogP contribution in [0.5, 0.6) is 0 Å². The first-order valence-electron chi connectivity index (χ1n) is 1.52. The number of hydrogen-bond donors (Lipinski definition) is 1. The Kier molecular flexibility index (Phi) is 222. The molecule has 54 valence electrons. The van der Waals surface area contributed by atoms with Gasteiger partial charge in [0.2, 0.25) is 0 Å². The molecule has 0 aromatic heterocycles.